The van der Waals surface area contributed by atoms with Gasteiger partial charge in [0.1, 0.15) is 16.7 Å². The monoisotopic (exact) mass is 275 g/mol. The maximum Gasteiger partial charge on any atom is 0.130 e. The number of nitrogens with one attached hydrogen (secondary N) is 1. The summed E-state index contributed by atoms with van der Waals surface area (Å²) in [6, 6.07) is 1.81. The van der Waals surface area contributed by atoms with E-state index in [4.69, 9.17) is 9.47 Å². The summed E-state index contributed by atoms with van der Waals surface area (Å²) in [7, 11) is 1.65. The molecule has 0 fully saturated rings. The second kappa shape index (κ2) is 7.56. The third-order valence-corrected chi connectivity index (χ3v) is 2.05. The lowest BCUT2D eigenvalue weighted by molar-refractivity contribution is 0.0759. The van der Waals surface area contributed by atoms with Crippen molar-refractivity contribution in [3.8, 4) is 0 Å². The Morgan fingerprint density at radius 1 is 1.33 bits per heavy atom. The van der Waals surface area contributed by atoms with Crippen LogP contribution < -0.4 is 5.32 Å². The number of aromatic nitrogens is 2. The van der Waals surface area contributed by atoms with E-state index < -0.39 is 0 Å². The van der Waals surface area contributed by atoms with Gasteiger partial charge in [0.15, 0.2) is 0 Å². The van der Waals surface area contributed by atoms with Crippen molar-refractivity contribution in [1.29, 1.82) is 0 Å². The van der Waals surface area contributed by atoms with Crippen molar-refractivity contribution in [3.05, 3.63) is 17.0 Å². The lowest BCUT2D eigenvalue weighted by atomic mass is 10.5. The number of hydrogen-bond donors (Lipinski definition) is 1. The molecule has 1 rings (SSSR count). The number of methoxy groups -OCH3 is 1. The van der Waals surface area contributed by atoms with Crippen molar-refractivity contribution >= 4 is 21.7 Å². The molecular formula is C9H14BrN3O2. The summed E-state index contributed by atoms with van der Waals surface area (Å²) in [5.41, 5.74) is 0. The van der Waals surface area contributed by atoms with Gasteiger partial charge in [-0.05, 0) is 15.9 Å². The molecule has 0 unspecified atom stereocenters. The van der Waals surface area contributed by atoms with Crippen LogP contribution in [0, 0.1) is 0 Å². The third kappa shape index (κ3) is 5.66. The third-order valence-electron chi connectivity index (χ3n) is 1.62. The predicted molar refractivity (Wildman–Crippen MR) is 60.9 cm³/mol. The first kappa shape index (κ1) is 12.4. The molecule has 0 aromatic carbocycles. The summed E-state index contributed by atoms with van der Waals surface area (Å²) in [5.74, 6) is 0.784. The van der Waals surface area contributed by atoms with E-state index in [1.807, 2.05) is 6.07 Å². The van der Waals surface area contributed by atoms with Crippen LogP contribution in [0.2, 0.25) is 0 Å². The smallest absolute Gasteiger partial charge is 0.130 e. The van der Waals surface area contributed by atoms with Crippen LogP contribution in [-0.2, 0) is 9.47 Å². The van der Waals surface area contributed by atoms with Crippen LogP contribution in [0.5, 0.6) is 0 Å². The minimum absolute atomic E-state index is 0.617. The maximum atomic E-state index is 5.28. The normalized spacial score (nSPS) is 10.3. The molecule has 1 aromatic rings. The highest BCUT2D eigenvalue weighted by Crippen LogP contribution is 2.08. The fourth-order valence-corrected chi connectivity index (χ4v) is 1.23. The molecular weight excluding hydrogens is 262 g/mol. The molecule has 84 valence electrons. The van der Waals surface area contributed by atoms with Crippen molar-refractivity contribution < 1.29 is 9.47 Å². The van der Waals surface area contributed by atoms with Crippen LogP contribution in [0.3, 0.4) is 0 Å². The van der Waals surface area contributed by atoms with Crippen LogP contribution in [-0.4, -0.2) is 43.4 Å². The highest BCUT2D eigenvalue weighted by Gasteiger charge is 1.94. The Labute approximate surface area is 97.3 Å². The SMILES string of the molecule is COCCOCCNc1cc(Br)ncn1. The molecule has 0 atom stereocenters. The quantitative estimate of drug-likeness (QED) is 0.601. The van der Waals surface area contributed by atoms with E-state index in [9.17, 15) is 0 Å². The van der Waals surface area contributed by atoms with Crippen molar-refractivity contribution in [2.75, 3.05) is 38.8 Å². The van der Waals surface area contributed by atoms with E-state index in [-0.39, 0.29) is 0 Å². The van der Waals surface area contributed by atoms with E-state index in [2.05, 4.69) is 31.2 Å². The van der Waals surface area contributed by atoms with E-state index in [0.29, 0.717) is 26.4 Å². The van der Waals surface area contributed by atoms with Crippen LogP contribution in [0.25, 0.3) is 0 Å². The van der Waals surface area contributed by atoms with Gasteiger partial charge in [0.05, 0.1) is 19.8 Å². The molecule has 0 aliphatic carbocycles. The zero-order chi connectivity index (χ0) is 10.9. The molecule has 15 heavy (non-hydrogen) atoms. The second-order valence-electron chi connectivity index (χ2n) is 2.76. The van der Waals surface area contributed by atoms with Gasteiger partial charge >= 0.3 is 0 Å². The fraction of sp³-hybridized carbons (Fsp3) is 0.556. The van der Waals surface area contributed by atoms with Crippen molar-refractivity contribution in [3.63, 3.8) is 0 Å². The number of rotatable bonds is 7. The molecule has 1 aromatic heterocycles. The number of anilines is 1. The van der Waals surface area contributed by atoms with Gasteiger partial charge in [0.25, 0.3) is 0 Å². The molecule has 5 nitrogen and oxygen atoms in total. The van der Waals surface area contributed by atoms with Crippen molar-refractivity contribution in [1.82, 2.24) is 9.97 Å². The Morgan fingerprint density at radius 3 is 2.93 bits per heavy atom. The first-order valence-electron chi connectivity index (χ1n) is 4.61. The molecule has 0 radical (unpaired) electrons. The van der Waals surface area contributed by atoms with Gasteiger partial charge in [-0.1, -0.05) is 0 Å². The van der Waals surface area contributed by atoms with Crippen LogP contribution in [0.15, 0.2) is 17.0 Å². The molecule has 0 bridgehead atoms. The molecule has 6 heteroatoms. The van der Waals surface area contributed by atoms with Crippen molar-refractivity contribution in [2.45, 2.75) is 0 Å². The van der Waals surface area contributed by atoms with E-state index in [1.54, 1.807) is 7.11 Å². The molecule has 0 spiro atoms. The maximum absolute atomic E-state index is 5.28. The minimum Gasteiger partial charge on any atom is -0.382 e. The Balaban J connectivity index is 2.10. The van der Waals surface area contributed by atoms with Crippen molar-refractivity contribution in [2.24, 2.45) is 0 Å². The van der Waals surface area contributed by atoms with Gasteiger partial charge in [0.2, 0.25) is 0 Å². The number of ether oxygens (including phenoxy) is 2. The summed E-state index contributed by atoms with van der Waals surface area (Å²) in [6.45, 7) is 2.59. The van der Waals surface area contributed by atoms with Crippen LogP contribution in [0.1, 0.15) is 0 Å². The van der Waals surface area contributed by atoms with Gasteiger partial charge < -0.3 is 14.8 Å². The average Bonchev–Trinajstić information content (AvgIpc) is 2.23. The Hall–Kier alpha value is -0.720. The Morgan fingerprint density at radius 2 is 2.20 bits per heavy atom. The highest BCUT2D eigenvalue weighted by atomic mass is 79.9. The van der Waals surface area contributed by atoms with Gasteiger partial charge in [0, 0.05) is 19.7 Å². The van der Waals surface area contributed by atoms with Gasteiger partial charge in [-0.25, -0.2) is 9.97 Å². The summed E-state index contributed by atoms with van der Waals surface area (Å²) in [4.78, 5) is 7.97. The molecule has 0 amide bonds. The first-order chi connectivity index (χ1) is 7.33. The molecule has 1 N–H and O–H groups in total. The zero-order valence-electron chi connectivity index (χ0n) is 8.57. The van der Waals surface area contributed by atoms with E-state index >= 15 is 0 Å². The average molecular weight is 276 g/mol. The van der Waals surface area contributed by atoms with E-state index in [0.717, 1.165) is 10.4 Å². The Kier molecular flexibility index (Phi) is 6.22. The Bertz CT molecular complexity index is 286. The lowest BCUT2D eigenvalue weighted by Gasteiger charge is -2.06. The molecule has 1 heterocycles. The summed E-state index contributed by atoms with van der Waals surface area (Å²) >= 11 is 3.27. The molecule has 0 aliphatic heterocycles. The second-order valence-corrected chi connectivity index (χ2v) is 3.57. The zero-order valence-corrected chi connectivity index (χ0v) is 10.2. The summed E-state index contributed by atoms with van der Waals surface area (Å²) < 4.78 is 10.9. The molecule has 0 saturated heterocycles. The standard InChI is InChI=1S/C9H14BrN3O2/c1-14-4-5-15-3-2-11-9-6-8(10)12-7-13-9/h6-7H,2-5H2,1H3,(H,11,12,13). The first-order valence-corrected chi connectivity index (χ1v) is 5.40. The van der Waals surface area contributed by atoms with Gasteiger partial charge in [-0.3, -0.25) is 0 Å². The molecule has 0 saturated carbocycles. The van der Waals surface area contributed by atoms with Crippen LogP contribution >= 0.6 is 15.9 Å². The minimum atomic E-state index is 0.617. The topological polar surface area (TPSA) is 56.3 Å². The number of hydrogen-bond acceptors (Lipinski definition) is 5. The lowest BCUT2D eigenvalue weighted by Crippen LogP contribution is -2.12. The van der Waals surface area contributed by atoms with E-state index in [1.165, 1.54) is 6.33 Å². The number of halogens is 1. The molecule has 0 aliphatic rings. The highest BCUT2D eigenvalue weighted by molar-refractivity contribution is 9.10. The number of nitrogens with zero attached hydrogens (tertiary/aromatic N) is 2. The predicted octanol–water partition coefficient (Wildman–Crippen LogP) is 1.31. The largest absolute Gasteiger partial charge is 0.382 e. The summed E-state index contributed by atoms with van der Waals surface area (Å²) in [6.07, 6.45) is 1.50. The van der Waals surface area contributed by atoms with Crippen LogP contribution in [0.4, 0.5) is 5.82 Å². The van der Waals surface area contributed by atoms with Gasteiger partial charge in [-0.2, -0.15) is 0 Å². The van der Waals surface area contributed by atoms with Gasteiger partial charge in [-0.15, -0.1) is 0 Å². The summed E-state index contributed by atoms with van der Waals surface area (Å²) in [5, 5.41) is 3.12. The fourth-order valence-electron chi connectivity index (χ4n) is 0.926.